The van der Waals surface area contributed by atoms with Gasteiger partial charge in [-0.3, -0.25) is 9.78 Å². The van der Waals surface area contributed by atoms with Crippen molar-refractivity contribution in [2.45, 2.75) is 44.8 Å². The van der Waals surface area contributed by atoms with Crippen molar-refractivity contribution in [3.63, 3.8) is 0 Å². The SMILES string of the molecule is O=C([C@@H]1CCCCn2nnnc21)N(Cc1cccnc1)Cc1ccsc1. The molecule has 1 amide bonds. The van der Waals surface area contributed by atoms with Gasteiger partial charge in [0.25, 0.3) is 0 Å². The average molecular weight is 368 g/mol. The normalized spacial score (nSPS) is 16.7. The molecule has 7 nitrogen and oxygen atoms in total. The van der Waals surface area contributed by atoms with E-state index in [-0.39, 0.29) is 11.8 Å². The van der Waals surface area contributed by atoms with Crippen molar-refractivity contribution in [3.05, 3.63) is 58.3 Å². The summed E-state index contributed by atoms with van der Waals surface area (Å²) >= 11 is 1.64. The number of carbonyl (C=O) groups is 1. The zero-order valence-corrected chi connectivity index (χ0v) is 15.2. The number of amides is 1. The van der Waals surface area contributed by atoms with Crippen LogP contribution in [-0.2, 0) is 24.4 Å². The third-order valence-electron chi connectivity index (χ3n) is 4.64. The van der Waals surface area contributed by atoms with Gasteiger partial charge in [0.1, 0.15) is 0 Å². The third kappa shape index (κ3) is 3.65. The molecule has 4 rings (SSSR count). The summed E-state index contributed by atoms with van der Waals surface area (Å²) in [6.45, 7) is 1.88. The molecule has 1 aliphatic rings. The standard InChI is InChI=1S/C18H20N6OS/c25-18(16-5-1-2-8-24-17(16)20-21-22-24)23(12-15-6-9-26-13-15)11-14-4-3-7-19-10-14/h3-4,6-7,9-10,13,16H,1-2,5,8,11-12H2/t16-/m1/s1. The molecule has 1 aliphatic heterocycles. The van der Waals surface area contributed by atoms with Crippen LogP contribution in [0.4, 0.5) is 0 Å². The molecule has 0 N–H and O–H groups in total. The van der Waals surface area contributed by atoms with E-state index in [4.69, 9.17) is 0 Å². The summed E-state index contributed by atoms with van der Waals surface area (Å²) in [6, 6.07) is 5.96. The molecule has 3 aromatic rings. The fraction of sp³-hybridized carbons (Fsp3) is 0.389. The maximum Gasteiger partial charge on any atom is 0.234 e. The Hall–Kier alpha value is -2.61. The number of hydrogen-bond donors (Lipinski definition) is 0. The number of nitrogens with zero attached hydrogens (tertiary/aromatic N) is 6. The minimum atomic E-state index is -0.289. The van der Waals surface area contributed by atoms with Gasteiger partial charge < -0.3 is 4.90 Å². The highest BCUT2D eigenvalue weighted by molar-refractivity contribution is 7.07. The van der Waals surface area contributed by atoms with E-state index in [1.165, 1.54) is 0 Å². The van der Waals surface area contributed by atoms with Gasteiger partial charge in [-0.2, -0.15) is 11.3 Å². The van der Waals surface area contributed by atoms with E-state index in [1.54, 1.807) is 22.2 Å². The quantitative estimate of drug-likeness (QED) is 0.692. The topological polar surface area (TPSA) is 76.8 Å². The Balaban J connectivity index is 1.61. The Labute approximate surface area is 155 Å². The van der Waals surface area contributed by atoms with Crippen LogP contribution in [0.3, 0.4) is 0 Å². The van der Waals surface area contributed by atoms with E-state index < -0.39 is 0 Å². The Morgan fingerprint density at radius 3 is 3.00 bits per heavy atom. The Morgan fingerprint density at radius 1 is 1.27 bits per heavy atom. The van der Waals surface area contributed by atoms with Crippen LogP contribution in [0.25, 0.3) is 0 Å². The molecular formula is C18H20N6OS. The number of rotatable bonds is 5. The molecule has 8 heteroatoms. The molecule has 0 fully saturated rings. The van der Waals surface area contributed by atoms with E-state index in [0.29, 0.717) is 18.9 Å². The molecule has 0 radical (unpaired) electrons. The van der Waals surface area contributed by atoms with Crippen molar-refractivity contribution in [2.24, 2.45) is 0 Å². The first-order chi connectivity index (χ1) is 12.8. The van der Waals surface area contributed by atoms with Crippen molar-refractivity contribution in [1.82, 2.24) is 30.1 Å². The van der Waals surface area contributed by atoms with Crippen LogP contribution in [0.5, 0.6) is 0 Å². The largest absolute Gasteiger partial charge is 0.333 e. The van der Waals surface area contributed by atoms with Crippen LogP contribution < -0.4 is 0 Å². The van der Waals surface area contributed by atoms with Gasteiger partial charge in [-0.25, -0.2) is 4.68 Å². The number of fused-ring (bicyclic) bond motifs is 1. The minimum absolute atomic E-state index is 0.0815. The lowest BCUT2D eigenvalue weighted by Crippen LogP contribution is -2.35. The second kappa shape index (κ2) is 7.74. The van der Waals surface area contributed by atoms with Gasteiger partial charge in [0.2, 0.25) is 5.91 Å². The summed E-state index contributed by atoms with van der Waals surface area (Å²) in [5.41, 5.74) is 2.16. The molecule has 1 atom stereocenters. The Bertz CT molecular complexity index is 848. The molecule has 0 saturated carbocycles. The monoisotopic (exact) mass is 368 g/mol. The van der Waals surface area contributed by atoms with Gasteiger partial charge in [-0.15, -0.1) is 5.10 Å². The summed E-state index contributed by atoms with van der Waals surface area (Å²) in [6.07, 6.45) is 6.32. The predicted octanol–water partition coefficient (Wildman–Crippen LogP) is 2.63. The zero-order valence-electron chi connectivity index (χ0n) is 14.4. The smallest absolute Gasteiger partial charge is 0.234 e. The lowest BCUT2D eigenvalue weighted by atomic mass is 10.00. The number of thiophene rings is 1. The van der Waals surface area contributed by atoms with Gasteiger partial charge in [0, 0.05) is 32.0 Å². The van der Waals surface area contributed by atoms with E-state index in [9.17, 15) is 4.79 Å². The summed E-state index contributed by atoms with van der Waals surface area (Å²) in [5.74, 6) is 0.481. The Kier molecular flexibility index (Phi) is 5.01. The van der Waals surface area contributed by atoms with E-state index in [0.717, 1.165) is 36.9 Å². The molecule has 26 heavy (non-hydrogen) atoms. The number of pyridine rings is 1. The van der Waals surface area contributed by atoms with Gasteiger partial charge in [0.05, 0.1) is 5.92 Å². The van der Waals surface area contributed by atoms with Crippen molar-refractivity contribution in [1.29, 1.82) is 0 Å². The Morgan fingerprint density at radius 2 is 2.19 bits per heavy atom. The molecule has 0 aliphatic carbocycles. The first-order valence-electron chi connectivity index (χ1n) is 8.76. The van der Waals surface area contributed by atoms with Gasteiger partial charge in [-0.05, 0) is 57.3 Å². The number of aromatic nitrogens is 5. The van der Waals surface area contributed by atoms with Gasteiger partial charge in [-0.1, -0.05) is 12.5 Å². The molecule has 0 unspecified atom stereocenters. The number of hydrogen-bond acceptors (Lipinski definition) is 6. The van der Waals surface area contributed by atoms with E-state index in [1.807, 2.05) is 28.6 Å². The minimum Gasteiger partial charge on any atom is -0.333 e. The highest BCUT2D eigenvalue weighted by Gasteiger charge is 2.32. The summed E-state index contributed by atoms with van der Waals surface area (Å²) in [5, 5.41) is 16.1. The fourth-order valence-corrected chi connectivity index (χ4v) is 4.00. The first-order valence-corrected chi connectivity index (χ1v) is 9.70. The number of carbonyl (C=O) groups excluding carboxylic acids is 1. The van der Waals surface area contributed by atoms with Crippen molar-refractivity contribution >= 4 is 17.2 Å². The van der Waals surface area contributed by atoms with Crippen molar-refractivity contribution in [3.8, 4) is 0 Å². The van der Waals surface area contributed by atoms with Gasteiger partial charge >= 0.3 is 0 Å². The zero-order chi connectivity index (χ0) is 17.8. The first kappa shape index (κ1) is 16.8. The fourth-order valence-electron chi connectivity index (χ4n) is 3.34. The van der Waals surface area contributed by atoms with Crippen LogP contribution in [0.15, 0.2) is 41.4 Å². The maximum absolute atomic E-state index is 13.4. The van der Waals surface area contributed by atoms with Crippen LogP contribution in [0.2, 0.25) is 0 Å². The summed E-state index contributed by atoms with van der Waals surface area (Å²) in [4.78, 5) is 19.5. The highest BCUT2D eigenvalue weighted by atomic mass is 32.1. The van der Waals surface area contributed by atoms with E-state index >= 15 is 0 Å². The highest BCUT2D eigenvalue weighted by Crippen LogP contribution is 2.27. The van der Waals surface area contributed by atoms with Crippen LogP contribution in [0.1, 0.15) is 42.1 Å². The number of tetrazole rings is 1. The second-order valence-corrected chi connectivity index (χ2v) is 7.28. The van der Waals surface area contributed by atoms with E-state index in [2.05, 4.69) is 32.0 Å². The molecular weight excluding hydrogens is 348 g/mol. The van der Waals surface area contributed by atoms with Crippen LogP contribution in [-0.4, -0.2) is 36.0 Å². The second-order valence-electron chi connectivity index (χ2n) is 6.50. The third-order valence-corrected chi connectivity index (χ3v) is 5.38. The van der Waals surface area contributed by atoms with Crippen molar-refractivity contribution < 1.29 is 4.79 Å². The molecule has 0 bridgehead atoms. The molecule has 0 saturated heterocycles. The number of aryl methyl sites for hydroxylation is 1. The average Bonchev–Trinajstić information content (AvgIpc) is 3.30. The maximum atomic E-state index is 13.4. The molecule has 0 aromatic carbocycles. The summed E-state index contributed by atoms with van der Waals surface area (Å²) in [7, 11) is 0. The molecule has 4 heterocycles. The van der Waals surface area contributed by atoms with Crippen LogP contribution in [0, 0.1) is 0 Å². The predicted molar refractivity (Wildman–Crippen MR) is 97.2 cm³/mol. The van der Waals surface area contributed by atoms with Gasteiger partial charge in [0.15, 0.2) is 5.82 Å². The lowest BCUT2D eigenvalue weighted by molar-refractivity contribution is -0.134. The molecule has 134 valence electrons. The summed E-state index contributed by atoms with van der Waals surface area (Å²) < 4.78 is 1.78. The van der Waals surface area contributed by atoms with Crippen molar-refractivity contribution in [2.75, 3.05) is 0 Å². The molecule has 0 spiro atoms. The lowest BCUT2D eigenvalue weighted by Gasteiger charge is -2.26. The van der Waals surface area contributed by atoms with Crippen LogP contribution >= 0.6 is 11.3 Å². The molecule has 3 aromatic heterocycles.